The lowest BCUT2D eigenvalue weighted by molar-refractivity contribution is -0.137. The van der Waals surface area contributed by atoms with Crippen molar-refractivity contribution in [3.63, 3.8) is 0 Å². The second-order valence-electron chi connectivity index (χ2n) is 5.29. The normalized spacial score (nSPS) is 10.7. The molecule has 5 heteroatoms. The van der Waals surface area contributed by atoms with Crippen molar-refractivity contribution >= 4 is 17.6 Å². The molecule has 116 valence electrons. The number of rotatable bonds is 8. The Morgan fingerprint density at radius 3 is 2.52 bits per heavy atom. The lowest BCUT2D eigenvalue weighted by Gasteiger charge is -2.20. The fourth-order valence-electron chi connectivity index (χ4n) is 2.19. The number of carbonyl (C=O) groups is 2. The summed E-state index contributed by atoms with van der Waals surface area (Å²) in [6, 6.07) is 5.87. The maximum atomic E-state index is 12.1. The average molecular weight is 292 g/mol. The highest BCUT2D eigenvalue weighted by atomic mass is 16.4. The van der Waals surface area contributed by atoms with E-state index in [0.29, 0.717) is 13.1 Å². The molecule has 0 fully saturated rings. The Bertz CT molecular complexity index is 500. The first kappa shape index (κ1) is 17.2. The van der Waals surface area contributed by atoms with Gasteiger partial charge in [-0.05, 0) is 38.4 Å². The Kier molecular flexibility index (Phi) is 6.88. The van der Waals surface area contributed by atoms with Crippen molar-refractivity contribution in [2.24, 2.45) is 0 Å². The first-order valence-corrected chi connectivity index (χ1v) is 7.23. The minimum absolute atomic E-state index is 0.0524. The van der Waals surface area contributed by atoms with E-state index in [1.54, 1.807) is 0 Å². The van der Waals surface area contributed by atoms with Gasteiger partial charge in [-0.3, -0.25) is 14.5 Å². The molecule has 0 bridgehead atoms. The molecule has 1 rings (SSSR count). The van der Waals surface area contributed by atoms with E-state index in [9.17, 15) is 9.59 Å². The summed E-state index contributed by atoms with van der Waals surface area (Å²) in [5.41, 5.74) is 2.98. The van der Waals surface area contributed by atoms with Crippen LogP contribution >= 0.6 is 0 Å². The summed E-state index contributed by atoms with van der Waals surface area (Å²) >= 11 is 0. The van der Waals surface area contributed by atoms with Crippen LogP contribution in [-0.2, 0) is 9.59 Å². The number of carboxylic acid groups (broad SMARTS) is 1. The maximum absolute atomic E-state index is 12.1. The van der Waals surface area contributed by atoms with E-state index >= 15 is 0 Å². The van der Waals surface area contributed by atoms with Crippen LogP contribution < -0.4 is 5.32 Å². The number of hydrogen-bond acceptors (Lipinski definition) is 3. The molecule has 21 heavy (non-hydrogen) atoms. The van der Waals surface area contributed by atoms with E-state index in [4.69, 9.17) is 5.11 Å². The third-order valence-corrected chi connectivity index (χ3v) is 3.20. The lowest BCUT2D eigenvalue weighted by Crippen LogP contribution is -2.35. The number of amides is 1. The number of carbonyl (C=O) groups excluding carboxylic acids is 1. The number of hydrogen-bond donors (Lipinski definition) is 2. The smallest absolute Gasteiger partial charge is 0.304 e. The predicted molar refractivity (Wildman–Crippen MR) is 83.5 cm³/mol. The maximum Gasteiger partial charge on any atom is 0.304 e. The van der Waals surface area contributed by atoms with E-state index in [1.807, 2.05) is 43.9 Å². The van der Waals surface area contributed by atoms with Gasteiger partial charge in [0.1, 0.15) is 0 Å². The van der Waals surface area contributed by atoms with E-state index in [0.717, 1.165) is 23.2 Å². The summed E-state index contributed by atoms with van der Waals surface area (Å²) in [6.07, 6.45) is 0.938. The van der Waals surface area contributed by atoms with Crippen molar-refractivity contribution in [3.8, 4) is 0 Å². The Balaban J connectivity index is 2.58. The zero-order valence-electron chi connectivity index (χ0n) is 13.0. The second kappa shape index (κ2) is 8.42. The number of aliphatic carboxylic acids is 1. The Morgan fingerprint density at radius 2 is 1.95 bits per heavy atom. The number of nitrogens with one attached hydrogen (secondary N) is 1. The van der Waals surface area contributed by atoms with Crippen molar-refractivity contribution in [3.05, 3.63) is 29.3 Å². The molecule has 0 aliphatic carbocycles. The van der Waals surface area contributed by atoms with Gasteiger partial charge in [-0.1, -0.05) is 24.6 Å². The molecular weight excluding hydrogens is 268 g/mol. The third kappa shape index (κ3) is 6.40. The highest BCUT2D eigenvalue weighted by molar-refractivity contribution is 5.93. The molecule has 2 N–H and O–H groups in total. The van der Waals surface area contributed by atoms with Gasteiger partial charge in [-0.25, -0.2) is 0 Å². The van der Waals surface area contributed by atoms with Gasteiger partial charge in [0.2, 0.25) is 5.91 Å². The standard InChI is InChI=1S/C16H24N2O3/c1-4-8-18(9-7-16(20)21)11-15(19)17-14-6-5-12(2)10-13(14)3/h5-6,10H,4,7-9,11H2,1-3H3,(H,17,19)(H,20,21). The van der Waals surface area contributed by atoms with Crippen LogP contribution in [0.3, 0.4) is 0 Å². The SMILES string of the molecule is CCCN(CCC(=O)O)CC(=O)Nc1ccc(C)cc1C. The summed E-state index contributed by atoms with van der Waals surface area (Å²) in [4.78, 5) is 24.6. The fourth-order valence-corrected chi connectivity index (χ4v) is 2.19. The van der Waals surface area contributed by atoms with Crippen LogP contribution in [0.25, 0.3) is 0 Å². The first-order valence-electron chi connectivity index (χ1n) is 7.23. The molecular formula is C16H24N2O3. The molecule has 0 radical (unpaired) electrons. The quantitative estimate of drug-likeness (QED) is 0.772. The molecule has 0 atom stereocenters. The van der Waals surface area contributed by atoms with Gasteiger partial charge in [-0.15, -0.1) is 0 Å². The van der Waals surface area contributed by atoms with Crippen LogP contribution in [0.1, 0.15) is 30.9 Å². The summed E-state index contributed by atoms with van der Waals surface area (Å²) in [7, 11) is 0. The van der Waals surface area contributed by atoms with E-state index < -0.39 is 5.97 Å². The molecule has 1 amide bonds. The number of nitrogens with zero attached hydrogens (tertiary/aromatic N) is 1. The molecule has 1 aromatic rings. The minimum atomic E-state index is -0.842. The fraction of sp³-hybridized carbons (Fsp3) is 0.500. The van der Waals surface area contributed by atoms with Crippen molar-refractivity contribution < 1.29 is 14.7 Å². The summed E-state index contributed by atoms with van der Waals surface area (Å²) in [6.45, 7) is 7.30. The van der Waals surface area contributed by atoms with Crippen LogP contribution in [0.2, 0.25) is 0 Å². The Hall–Kier alpha value is -1.88. The summed E-state index contributed by atoms with van der Waals surface area (Å²) < 4.78 is 0. The van der Waals surface area contributed by atoms with Crippen molar-refractivity contribution in [1.29, 1.82) is 0 Å². The molecule has 0 aliphatic heterocycles. The van der Waals surface area contributed by atoms with E-state index in [2.05, 4.69) is 5.32 Å². The molecule has 0 heterocycles. The topological polar surface area (TPSA) is 69.6 Å². The van der Waals surface area contributed by atoms with Gasteiger partial charge in [0, 0.05) is 12.2 Å². The van der Waals surface area contributed by atoms with Crippen LogP contribution in [0.5, 0.6) is 0 Å². The highest BCUT2D eigenvalue weighted by Gasteiger charge is 2.12. The largest absolute Gasteiger partial charge is 0.481 e. The number of carboxylic acids is 1. The van der Waals surface area contributed by atoms with Gasteiger partial charge in [0.25, 0.3) is 0 Å². The molecule has 0 saturated carbocycles. The third-order valence-electron chi connectivity index (χ3n) is 3.20. The molecule has 0 unspecified atom stereocenters. The summed E-state index contributed by atoms with van der Waals surface area (Å²) in [5, 5.41) is 11.6. The van der Waals surface area contributed by atoms with E-state index in [1.165, 1.54) is 0 Å². The molecule has 0 aliphatic rings. The van der Waals surface area contributed by atoms with Gasteiger partial charge < -0.3 is 10.4 Å². The van der Waals surface area contributed by atoms with Crippen LogP contribution in [0.15, 0.2) is 18.2 Å². The number of benzene rings is 1. The van der Waals surface area contributed by atoms with Gasteiger partial charge >= 0.3 is 5.97 Å². The minimum Gasteiger partial charge on any atom is -0.481 e. The van der Waals surface area contributed by atoms with Crippen molar-refractivity contribution in [2.45, 2.75) is 33.6 Å². The lowest BCUT2D eigenvalue weighted by atomic mass is 10.1. The number of aryl methyl sites for hydroxylation is 2. The zero-order chi connectivity index (χ0) is 15.8. The molecule has 0 spiro atoms. The van der Waals surface area contributed by atoms with E-state index in [-0.39, 0.29) is 18.9 Å². The van der Waals surface area contributed by atoms with Crippen molar-refractivity contribution in [2.75, 3.05) is 25.0 Å². The second-order valence-corrected chi connectivity index (χ2v) is 5.29. The molecule has 0 saturated heterocycles. The molecule has 5 nitrogen and oxygen atoms in total. The zero-order valence-corrected chi connectivity index (χ0v) is 13.0. The van der Waals surface area contributed by atoms with Gasteiger partial charge in [-0.2, -0.15) is 0 Å². The monoisotopic (exact) mass is 292 g/mol. The predicted octanol–water partition coefficient (Wildman–Crippen LogP) is 2.43. The van der Waals surface area contributed by atoms with Crippen molar-refractivity contribution in [1.82, 2.24) is 4.90 Å². The molecule has 0 aromatic heterocycles. The van der Waals surface area contributed by atoms with Crippen LogP contribution in [-0.4, -0.2) is 41.5 Å². The van der Waals surface area contributed by atoms with Crippen LogP contribution in [0, 0.1) is 13.8 Å². The van der Waals surface area contributed by atoms with Crippen LogP contribution in [0.4, 0.5) is 5.69 Å². The Morgan fingerprint density at radius 1 is 1.24 bits per heavy atom. The average Bonchev–Trinajstić information content (AvgIpc) is 2.39. The Labute approximate surface area is 126 Å². The number of anilines is 1. The first-order chi connectivity index (χ1) is 9.92. The van der Waals surface area contributed by atoms with Gasteiger partial charge in [0.05, 0.1) is 13.0 Å². The molecule has 1 aromatic carbocycles. The summed E-state index contributed by atoms with van der Waals surface area (Å²) in [5.74, 6) is -0.952. The van der Waals surface area contributed by atoms with Gasteiger partial charge in [0.15, 0.2) is 0 Å². The highest BCUT2D eigenvalue weighted by Crippen LogP contribution is 2.15.